The molecule has 0 aliphatic carbocycles. The minimum Gasteiger partial charge on any atom is -0.457 e. The summed E-state index contributed by atoms with van der Waals surface area (Å²) in [6.07, 6.45) is 3.14. The first-order chi connectivity index (χ1) is 17.7. The highest BCUT2D eigenvalue weighted by Crippen LogP contribution is 2.29. The summed E-state index contributed by atoms with van der Waals surface area (Å²) >= 11 is 0. The van der Waals surface area contributed by atoms with Crippen LogP contribution < -0.4 is 20.5 Å². The van der Waals surface area contributed by atoms with Crippen LogP contribution in [-0.2, 0) is 9.63 Å². The van der Waals surface area contributed by atoms with E-state index in [1.165, 1.54) is 0 Å². The molecule has 37 heavy (non-hydrogen) atoms. The minimum atomic E-state index is -0.640. The Morgan fingerprint density at radius 3 is 2.14 bits per heavy atom. The number of anilines is 1. The van der Waals surface area contributed by atoms with E-state index in [0.717, 1.165) is 18.6 Å². The number of ether oxygens (including phenoxy) is 2. The molecule has 3 N–H and O–H groups in total. The Balaban J connectivity index is 1.35. The van der Waals surface area contributed by atoms with Crippen LogP contribution in [-0.4, -0.2) is 41.1 Å². The molecule has 1 aliphatic heterocycles. The van der Waals surface area contributed by atoms with Gasteiger partial charge in [-0.15, -0.1) is 5.06 Å². The summed E-state index contributed by atoms with van der Waals surface area (Å²) in [7, 11) is 0. The summed E-state index contributed by atoms with van der Waals surface area (Å²) in [5.74, 6) is 1.11. The van der Waals surface area contributed by atoms with Gasteiger partial charge in [0.15, 0.2) is 0 Å². The summed E-state index contributed by atoms with van der Waals surface area (Å²) in [6, 6.07) is 18.2. The third-order valence-corrected chi connectivity index (χ3v) is 5.78. The van der Waals surface area contributed by atoms with Gasteiger partial charge in [-0.1, -0.05) is 18.2 Å². The van der Waals surface area contributed by atoms with Crippen molar-refractivity contribution in [2.75, 3.05) is 18.4 Å². The van der Waals surface area contributed by atoms with E-state index in [2.05, 4.69) is 10.3 Å². The van der Waals surface area contributed by atoms with Crippen LogP contribution in [0.4, 0.5) is 5.69 Å². The van der Waals surface area contributed by atoms with E-state index in [4.69, 9.17) is 20.0 Å². The van der Waals surface area contributed by atoms with Gasteiger partial charge < -0.3 is 25.4 Å². The van der Waals surface area contributed by atoms with E-state index >= 15 is 0 Å². The molecule has 1 amide bonds. The van der Waals surface area contributed by atoms with Gasteiger partial charge in [-0.25, -0.2) is 9.78 Å². The fraction of sp³-hybridized carbons (Fsp3) is 0.321. The second kappa shape index (κ2) is 11.3. The second-order valence-electron chi connectivity index (χ2n) is 9.91. The molecule has 1 fully saturated rings. The van der Waals surface area contributed by atoms with Crippen molar-refractivity contribution in [3.8, 4) is 23.1 Å². The van der Waals surface area contributed by atoms with Crippen molar-refractivity contribution in [3.63, 3.8) is 0 Å². The number of primary amides is 1. The van der Waals surface area contributed by atoms with Crippen molar-refractivity contribution in [3.05, 3.63) is 72.4 Å². The topological polar surface area (TPSA) is 116 Å². The normalized spacial score (nSPS) is 14.6. The molecular weight excluding hydrogens is 472 g/mol. The fourth-order valence-electron chi connectivity index (χ4n) is 3.68. The minimum absolute atomic E-state index is 0.124. The molecule has 0 atom stereocenters. The second-order valence-corrected chi connectivity index (χ2v) is 9.91. The molecule has 194 valence electrons. The van der Waals surface area contributed by atoms with Crippen LogP contribution in [0.2, 0.25) is 0 Å². The predicted octanol–water partition coefficient (Wildman–Crippen LogP) is 5.15. The molecule has 3 aromatic rings. The highest BCUT2D eigenvalue weighted by molar-refractivity contribution is 5.96. The lowest BCUT2D eigenvalue weighted by atomic mass is 9.98. The van der Waals surface area contributed by atoms with Gasteiger partial charge in [-0.05, 0) is 76.1 Å². The number of hydrogen-bond acceptors (Lipinski definition) is 8. The summed E-state index contributed by atoms with van der Waals surface area (Å²) in [6.45, 7) is 6.71. The monoisotopic (exact) mass is 504 g/mol. The van der Waals surface area contributed by atoms with Crippen LogP contribution in [0.1, 0.15) is 44.0 Å². The number of carbonyl (C=O) groups excluding carboxylic acids is 2. The maximum Gasteiger partial charge on any atom is 0.330 e. The van der Waals surface area contributed by atoms with Crippen molar-refractivity contribution in [2.24, 2.45) is 11.1 Å². The molecule has 1 aromatic heterocycles. The number of piperidine rings is 1. The van der Waals surface area contributed by atoms with Gasteiger partial charge in [0.2, 0.25) is 5.88 Å². The van der Waals surface area contributed by atoms with Gasteiger partial charge in [0.25, 0.3) is 5.91 Å². The lowest BCUT2D eigenvalue weighted by molar-refractivity contribution is -0.204. The number of nitrogens with zero attached hydrogens (tertiary/aromatic N) is 2. The number of nitrogens with two attached hydrogens (primary N) is 1. The Morgan fingerprint density at radius 2 is 1.54 bits per heavy atom. The van der Waals surface area contributed by atoms with Gasteiger partial charge >= 0.3 is 5.97 Å². The van der Waals surface area contributed by atoms with Gasteiger partial charge in [0.05, 0.1) is 17.3 Å². The number of nitrogens with one attached hydrogen (secondary N) is 1. The van der Waals surface area contributed by atoms with E-state index in [1.807, 2.05) is 51.1 Å². The van der Waals surface area contributed by atoms with Gasteiger partial charge in [-0.3, -0.25) is 4.79 Å². The molecule has 1 aliphatic rings. The van der Waals surface area contributed by atoms with Crippen LogP contribution in [0.3, 0.4) is 0 Å². The Bertz CT molecular complexity index is 1220. The first kappa shape index (κ1) is 26.0. The lowest BCUT2D eigenvalue weighted by Gasteiger charge is -2.32. The zero-order chi connectivity index (χ0) is 26.4. The smallest absolute Gasteiger partial charge is 0.330 e. The molecule has 0 unspecified atom stereocenters. The van der Waals surface area contributed by atoms with Crippen LogP contribution in [0.5, 0.6) is 23.1 Å². The SMILES string of the molecule is CC(C)(C)C(=O)ON1CCC(Nc2cnc(Oc3ccc(Oc4ccccc4)cc3)c(C(N)=O)c2)CC1. The Hall–Kier alpha value is -4.11. The standard InChI is InChI=1S/C28H32N4O5/c1-28(2,3)27(34)37-32-15-13-19(14-16-32)31-20-17-24(25(29)33)26(30-18-20)36-23-11-9-22(10-12-23)35-21-7-5-4-6-8-21/h4-12,17-19,31H,13-16H2,1-3H3,(H2,29,33). The number of amides is 1. The average molecular weight is 505 g/mol. The molecule has 0 bridgehead atoms. The van der Waals surface area contributed by atoms with E-state index in [-0.39, 0.29) is 23.5 Å². The zero-order valence-electron chi connectivity index (χ0n) is 21.3. The molecule has 2 heterocycles. The number of carbonyl (C=O) groups is 2. The largest absolute Gasteiger partial charge is 0.457 e. The van der Waals surface area contributed by atoms with Crippen LogP contribution in [0.25, 0.3) is 0 Å². The summed E-state index contributed by atoms with van der Waals surface area (Å²) in [5.41, 5.74) is 5.91. The van der Waals surface area contributed by atoms with E-state index < -0.39 is 11.3 Å². The molecule has 4 rings (SSSR count). The van der Waals surface area contributed by atoms with Crippen molar-refractivity contribution in [1.82, 2.24) is 10.0 Å². The maximum absolute atomic E-state index is 12.1. The van der Waals surface area contributed by atoms with Gasteiger partial charge in [-0.2, -0.15) is 0 Å². The van der Waals surface area contributed by atoms with Gasteiger partial charge in [0.1, 0.15) is 22.8 Å². The highest BCUT2D eigenvalue weighted by atomic mass is 16.7. The molecule has 0 radical (unpaired) electrons. The van der Waals surface area contributed by atoms with Crippen LogP contribution in [0, 0.1) is 5.41 Å². The molecule has 9 nitrogen and oxygen atoms in total. The van der Waals surface area contributed by atoms with E-state index in [9.17, 15) is 9.59 Å². The quantitative estimate of drug-likeness (QED) is 0.433. The number of rotatable bonds is 8. The summed E-state index contributed by atoms with van der Waals surface area (Å²) < 4.78 is 11.6. The molecule has 2 aromatic carbocycles. The van der Waals surface area contributed by atoms with E-state index in [1.54, 1.807) is 41.6 Å². The number of benzene rings is 2. The first-order valence-electron chi connectivity index (χ1n) is 12.2. The fourth-order valence-corrected chi connectivity index (χ4v) is 3.68. The van der Waals surface area contributed by atoms with E-state index in [0.29, 0.717) is 30.3 Å². The van der Waals surface area contributed by atoms with Crippen molar-refractivity contribution in [2.45, 2.75) is 39.7 Å². The molecule has 0 saturated carbocycles. The predicted molar refractivity (Wildman–Crippen MR) is 140 cm³/mol. The number of para-hydroxylation sites is 1. The Kier molecular flexibility index (Phi) is 7.93. The molecule has 1 saturated heterocycles. The van der Waals surface area contributed by atoms with Crippen LogP contribution >= 0.6 is 0 Å². The lowest BCUT2D eigenvalue weighted by Crippen LogP contribution is -2.42. The van der Waals surface area contributed by atoms with Gasteiger partial charge in [0, 0.05) is 19.1 Å². The van der Waals surface area contributed by atoms with Crippen molar-refractivity contribution >= 4 is 17.6 Å². The summed E-state index contributed by atoms with van der Waals surface area (Å²) in [4.78, 5) is 34.1. The molecule has 9 heteroatoms. The average Bonchev–Trinajstić information content (AvgIpc) is 2.87. The van der Waals surface area contributed by atoms with Crippen LogP contribution in [0.15, 0.2) is 66.9 Å². The number of pyridine rings is 1. The number of hydroxylamine groups is 2. The van der Waals surface area contributed by atoms with Crippen molar-refractivity contribution < 1.29 is 23.9 Å². The first-order valence-corrected chi connectivity index (χ1v) is 12.2. The molecule has 0 spiro atoms. The number of hydrogen-bond donors (Lipinski definition) is 2. The maximum atomic E-state index is 12.1. The third-order valence-electron chi connectivity index (χ3n) is 5.78. The molecular formula is C28H32N4O5. The summed E-state index contributed by atoms with van der Waals surface area (Å²) in [5, 5.41) is 5.09. The van der Waals surface area contributed by atoms with Crippen molar-refractivity contribution in [1.29, 1.82) is 0 Å². The zero-order valence-corrected chi connectivity index (χ0v) is 21.3. The Labute approximate surface area is 216 Å². The highest BCUT2D eigenvalue weighted by Gasteiger charge is 2.28. The number of aromatic nitrogens is 1. The third kappa shape index (κ3) is 7.20. The Morgan fingerprint density at radius 1 is 0.946 bits per heavy atom.